The van der Waals surface area contributed by atoms with Gasteiger partial charge in [-0.3, -0.25) is 0 Å². The van der Waals surface area contributed by atoms with Crippen molar-refractivity contribution >= 4 is 7.82 Å². The van der Waals surface area contributed by atoms with Crippen LogP contribution in [0.25, 0.3) is 0 Å². The fourth-order valence-electron chi connectivity index (χ4n) is 0. The van der Waals surface area contributed by atoms with Crippen LogP contribution in [0.3, 0.4) is 0 Å². The van der Waals surface area contributed by atoms with Crippen LogP contribution in [-0.2, 0) is 4.57 Å². The van der Waals surface area contributed by atoms with Crippen molar-refractivity contribution in [2.45, 2.75) is 0 Å². The summed E-state index contributed by atoms with van der Waals surface area (Å²) in [5, 5.41) is 6.50. The average Bonchev–Trinajstić information content (AvgIpc) is 1.36. The van der Waals surface area contributed by atoms with Gasteiger partial charge in [0.05, 0.1) is 0 Å². The van der Waals surface area contributed by atoms with Gasteiger partial charge in [0.2, 0.25) is 0 Å². The van der Waals surface area contributed by atoms with E-state index in [0.29, 0.717) is 0 Å². The fraction of sp³-hybridized carbons (Fsp3) is 0. The third-order valence-corrected chi connectivity index (χ3v) is 0. The van der Waals surface area contributed by atoms with Gasteiger partial charge in [-0.2, -0.15) is 7.82 Å². The molecule has 6 nitrogen and oxygen atoms in total. The quantitative estimate of drug-likeness (QED) is 0.225. The summed E-state index contributed by atoms with van der Waals surface area (Å²) in [6.45, 7) is 0. The Morgan fingerprint density at radius 1 is 1.00 bits per heavy atom. The van der Waals surface area contributed by atoms with Gasteiger partial charge in [0.25, 0.3) is 0 Å². The number of hydrogen-bond donors (Lipinski definition) is 2. The van der Waals surface area contributed by atoms with Crippen LogP contribution in [-0.4, -0.2) is 5.21 Å². The predicted molar refractivity (Wildman–Crippen MR) is 13.6 cm³/mol. The Morgan fingerprint density at radius 2 is 1.00 bits per heavy atom. The van der Waals surface area contributed by atoms with Gasteiger partial charge in [0.1, 0.15) is 0 Å². The smallest absolute Gasteiger partial charge is 0.822 e. The molecule has 0 bridgehead atoms. The van der Waals surface area contributed by atoms with Gasteiger partial charge in [-0.25, -0.2) is 5.90 Å². The molecular weight excluding hydrogens is 194 g/mol. The second-order valence-corrected chi connectivity index (χ2v) is 1.34. The molecule has 0 aromatic heterocycles. The maximum Gasteiger partial charge on any atom is 1.00 e. The zero-order chi connectivity index (χ0) is 6.50. The molecule has 0 aromatic carbocycles. The van der Waals surface area contributed by atoms with Crippen LogP contribution in [0.1, 0.15) is 0 Å². The van der Waals surface area contributed by atoms with E-state index in [0.717, 1.165) is 0 Å². The zero-order valence-corrected chi connectivity index (χ0v) is 13.0. The van der Waals surface area contributed by atoms with Crippen LogP contribution in [0.15, 0.2) is 0 Å². The van der Waals surface area contributed by atoms with Gasteiger partial charge in [-0.15, -0.1) is 0 Å². The topological polar surface area (TPSA) is 132 Å². The molecule has 0 radical (unpaired) electrons. The van der Waals surface area contributed by atoms with Crippen LogP contribution in [0.4, 0.5) is 0 Å². The van der Waals surface area contributed by atoms with Gasteiger partial charge in [-0.1, -0.05) is 0 Å². The largest absolute Gasteiger partial charge is 1.00 e. The van der Waals surface area contributed by atoms with Crippen molar-refractivity contribution < 1.29 is 113 Å². The normalized spacial score (nSPS) is 6.50. The van der Waals surface area contributed by atoms with E-state index in [2.05, 4.69) is 5.90 Å². The van der Waals surface area contributed by atoms with Gasteiger partial charge in [0, 0.05) is 0 Å². The van der Waals surface area contributed by atoms with Crippen molar-refractivity contribution in [3.05, 3.63) is 0 Å². The van der Waals surface area contributed by atoms with Gasteiger partial charge in [-0.05, 0) is 0 Å². The van der Waals surface area contributed by atoms with E-state index in [1.807, 2.05) is 0 Å². The van der Waals surface area contributed by atoms with Crippen molar-refractivity contribution in [1.82, 2.24) is 0 Å². The first-order valence-electron chi connectivity index (χ1n) is 0.988. The molecule has 0 rings (SSSR count). The Kier molecular flexibility index (Phi) is 52.5. The molecule has 0 saturated heterocycles. The van der Waals surface area contributed by atoms with Crippen LogP contribution in [0.2, 0.25) is 0 Å². The summed E-state index contributed by atoms with van der Waals surface area (Å²) in [6, 6.07) is 0. The van der Waals surface area contributed by atoms with E-state index in [1.54, 1.807) is 0 Å². The third-order valence-electron chi connectivity index (χ3n) is 0. The molecule has 0 aliphatic carbocycles. The summed E-state index contributed by atoms with van der Waals surface area (Å²) in [5.74, 6) is 3.50. The molecule has 0 aliphatic rings. The maximum atomic E-state index is 8.55. The first-order chi connectivity index (χ1) is 3.00. The van der Waals surface area contributed by atoms with E-state index in [9.17, 15) is 0 Å². The van der Waals surface area contributed by atoms with E-state index in [4.69, 9.17) is 24.5 Å². The monoisotopic (exact) mass is 197 g/mol. The number of hydrogen-bond acceptors (Lipinski definition) is 6. The molecule has 0 spiro atoms. The fourth-order valence-corrected chi connectivity index (χ4v) is 0. The molecule has 10 heteroatoms. The second kappa shape index (κ2) is 17.9. The molecule has 0 amide bonds. The Morgan fingerprint density at radius 3 is 1.00 bits per heavy atom. The van der Waals surface area contributed by atoms with E-state index in [1.165, 1.54) is 0 Å². The number of rotatable bonds is 0. The van der Waals surface area contributed by atoms with Gasteiger partial charge < -0.3 is 24.5 Å². The molecule has 0 aromatic rings. The first-order valence-corrected chi connectivity index (χ1v) is 2.45. The van der Waals surface area contributed by atoms with Crippen LogP contribution in [0, 0.1) is 0 Å². The summed E-state index contributed by atoms with van der Waals surface area (Å²) in [7, 11) is -5.39. The van der Waals surface area contributed by atoms with Crippen molar-refractivity contribution in [3.63, 3.8) is 0 Å². The third kappa shape index (κ3) is 121. The van der Waals surface area contributed by atoms with E-state index in [-0.39, 0.29) is 88.7 Å². The predicted octanol–water partition coefficient (Wildman–Crippen LogP) is -12.5. The number of nitrogens with two attached hydrogens (primary N) is 1. The molecule has 10 heavy (non-hydrogen) atoms. The molecule has 0 unspecified atom stereocenters. The van der Waals surface area contributed by atoms with Crippen molar-refractivity contribution in [3.8, 4) is 0 Å². The Balaban J connectivity index is -0.0000000154. The van der Waals surface area contributed by atoms with E-state index >= 15 is 0 Å². The Bertz CT molecular complexity index is 63.0. The van der Waals surface area contributed by atoms with Crippen LogP contribution in [0.5, 0.6) is 0 Å². The van der Waals surface area contributed by atoms with Crippen molar-refractivity contribution in [1.29, 1.82) is 0 Å². The van der Waals surface area contributed by atoms with Crippen molar-refractivity contribution in [2.75, 3.05) is 0 Å². The first kappa shape index (κ1) is 29.2. The molecular formula is H3NNa3O5P. The summed E-state index contributed by atoms with van der Waals surface area (Å²) in [5.41, 5.74) is 0. The molecule has 0 saturated carbocycles. The summed E-state index contributed by atoms with van der Waals surface area (Å²) in [4.78, 5) is 25.6. The minimum Gasteiger partial charge on any atom is -0.822 e. The van der Waals surface area contributed by atoms with E-state index < -0.39 is 7.82 Å². The summed E-state index contributed by atoms with van der Waals surface area (Å²) in [6.07, 6.45) is 0. The van der Waals surface area contributed by atoms with Crippen molar-refractivity contribution in [2.24, 2.45) is 5.90 Å². The average molecular weight is 197 g/mol. The molecule has 3 N–H and O–H groups in total. The second-order valence-electron chi connectivity index (χ2n) is 0.447. The number of phosphoric acid groups is 1. The maximum absolute atomic E-state index is 8.55. The summed E-state index contributed by atoms with van der Waals surface area (Å²) < 4.78 is 8.55. The summed E-state index contributed by atoms with van der Waals surface area (Å²) >= 11 is 0. The van der Waals surface area contributed by atoms with Crippen LogP contribution >= 0.6 is 7.82 Å². The molecule has 0 heterocycles. The minimum atomic E-state index is -5.39. The van der Waals surface area contributed by atoms with Gasteiger partial charge >= 0.3 is 88.7 Å². The zero-order valence-electron chi connectivity index (χ0n) is 6.10. The van der Waals surface area contributed by atoms with Gasteiger partial charge in [0.15, 0.2) is 0 Å². The molecule has 46 valence electrons. The Hall–Kier alpha value is 3.03. The Labute approximate surface area is 125 Å². The molecule has 0 fully saturated rings. The molecule has 0 aliphatic heterocycles. The standard InChI is InChI=1S/H3NO.3Na.H3O4P/c1-2;;;;1-5(2,3)4/h2H,1H2;;;;(H3,1,2,3,4)/q;3*+1;/p-3. The molecule has 0 atom stereocenters. The minimum absolute atomic E-state index is 0. The SMILES string of the molecule is NO.O=P([O-])([O-])[O-].[Na+].[Na+].[Na+]. The van der Waals surface area contributed by atoms with Crippen LogP contribution < -0.4 is 109 Å².